The summed E-state index contributed by atoms with van der Waals surface area (Å²) in [6.45, 7) is 6.97. The number of nitrogens with one attached hydrogen (secondary N) is 4. The zero-order chi connectivity index (χ0) is 28.4. The van der Waals surface area contributed by atoms with Crippen molar-refractivity contribution in [1.82, 2.24) is 20.2 Å². The van der Waals surface area contributed by atoms with Crippen molar-refractivity contribution in [2.24, 2.45) is 0 Å². The van der Waals surface area contributed by atoms with Gasteiger partial charge in [-0.2, -0.15) is 0 Å². The van der Waals surface area contributed by atoms with Crippen LogP contribution < -0.4 is 20.7 Å². The second kappa shape index (κ2) is 13.6. The Kier molecular flexibility index (Phi) is 9.25. The summed E-state index contributed by atoms with van der Waals surface area (Å²) in [6.07, 6.45) is 4.23. The molecule has 10 heteroatoms. The highest BCUT2D eigenvalue weighted by Gasteiger charge is 2.13. The van der Waals surface area contributed by atoms with Gasteiger partial charge in [0.05, 0.1) is 30.2 Å². The predicted molar refractivity (Wildman–Crippen MR) is 159 cm³/mol. The third kappa shape index (κ3) is 8.17. The first-order valence-electron chi connectivity index (χ1n) is 13.7. The zero-order valence-corrected chi connectivity index (χ0v) is 23.0. The maximum atomic E-state index is 12.6. The molecule has 0 bridgehead atoms. The molecule has 1 aliphatic heterocycles. The summed E-state index contributed by atoms with van der Waals surface area (Å²) in [6, 6.07) is 19.7. The van der Waals surface area contributed by atoms with Crippen molar-refractivity contribution in [3.63, 3.8) is 0 Å². The Hall–Kier alpha value is -4.67. The van der Waals surface area contributed by atoms with Gasteiger partial charge in [0.25, 0.3) is 5.91 Å². The molecular formula is C31H34N6O4. The van der Waals surface area contributed by atoms with Gasteiger partial charge in [0.1, 0.15) is 11.5 Å². The minimum Gasteiger partial charge on any atom is -0.457 e. The van der Waals surface area contributed by atoms with Crippen LogP contribution in [0, 0.1) is 6.92 Å². The molecule has 1 fully saturated rings. The van der Waals surface area contributed by atoms with Gasteiger partial charge in [-0.3, -0.25) is 14.7 Å². The third-order valence-corrected chi connectivity index (χ3v) is 6.62. The molecule has 41 heavy (non-hydrogen) atoms. The summed E-state index contributed by atoms with van der Waals surface area (Å²) >= 11 is 0. The molecule has 0 atom stereocenters. The van der Waals surface area contributed by atoms with Gasteiger partial charge in [0.15, 0.2) is 0 Å². The van der Waals surface area contributed by atoms with Crippen LogP contribution in [0.2, 0.25) is 0 Å². The van der Waals surface area contributed by atoms with Gasteiger partial charge < -0.3 is 30.4 Å². The number of morpholine rings is 1. The molecule has 1 aliphatic rings. The molecule has 3 heterocycles. The smallest absolute Gasteiger partial charge is 0.323 e. The van der Waals surface area contributed by atoms with E-state index in [1.165, 1.54) is 0 Å². The van der Waals surface area contributed by atoms with Crippen LogP contribution in [0.3, 0.4) is 0 Å². The van der Waals surface area contributed by atoms with Crippen LogP contribution >= 0.6 is 0 Å². The Morgan fingerprint density at radius 3 is 2.59 bits per heavy atom. The number of carbonyl (C=O) groups excluding carboxylic acids is 2. The van der Waals surface area contributed by atoms with E-state index in [1.54, 1.807) is 54.9 Å². The Bertz CT molecular complexity index is 1460. The van der Waals surface area contributed by atoms with Gasteiger partial charge in [-0.25, -0.2) is 4.79 Å². The second-order valence-electron chi connectivity index (χ2n) is 9.82. The minimum atomic E-state index is -0.324. The van der Waals surface area contributed by atoms with E-state index in [-0.39, 0.29) is 11.9 Å². The number of hydrogen-bond donors (Lipinski definition) is 4. The molecule has 0 aliphatic carbocycles. The molecule has 0 saturated carbocycles. The van der Waals surface area contributed by atoms with E-state index in [4.69, 9.17) is 9.47 Å². The quantitative estimate of drug-likeness (QED) is 0.198. The number of urea groups is 1. The first-order valence-corrected chi connectivity index (χ1v) is 13.7. The van der Waals surface area contributed by atoms with E-state index in [1.807, 2.05) is 31.2 Å². The lowest BCUT2D eigenvalue weighted by atomic mass is 10.2. The molecule has 0 unspecified atom stereocenters. The minimum absolute atomic E-state index is 0.122. The number of ether oxygens (including phenoxy) is 2. The number of pyridine rings is 1. The molecule has 0 radical (unpaired) electrons. The Morgan fingerprint density at radius 2 is 1.78 bits per heavy atom. The number of anilines is 2. The van der Waals surface area contributed by atoms with E-state index in [0.29, 0.717) is 40.7 Å². The van der Waals surface area contributed by atoms with Crippen LogP contribution in [0.25, 0.3) is 11.4 Å². The van der Waals surface area contributed by atoms with Crippen molar-refractivity contribution in [3.8, 4) is 22.9 Å². The van der Waals surface area contributed by atoms with Crippen LogP contribution in [0.15, 0.2) is 79.1 Å². The maximum Gasteiger partial charge on any atom is 0.323 e. The summed E-state index contributed by atoms with van der Waals surface area (Å²) in [4.78, 5) is 34.8. The molecule has 4 aromatic rings. The Labute approximate surface area is 239 Å². The molecule has 3 amide bonds. The highest BCUT2D eigenvalue weighted by Crippen LogP contribution is 2.26. The summed E-state index contributed by atoms with van der Waals surface area (Å²) < 4.78 is 11.4. The number of H-pyrrole nitrogens is 1. The largest absolute Gasteiger partial charge is 0.457 e. The third-order valence-electron chi connectivity index (χ3n) is 6.62. The van der Waals surface area contributed by atoms with E-state index >= 15 is 0 Å². The van der Waals surface area contributed by atoms with Crippen molar-refractivity contribution in [2.75, 3.05) is 50.0 Å². The number of aromatic amines is 1. The first-order chi connectivity index (χ1) is 20.0. The number of rotatable bonds is 10. The molecule has 5 rings (SSSR count). The lowest BCUT2D eigenvalue weighted by Crippen LogP contribution is -2.38. The Balaban J connectivity index is 1.11. The van der Waals surface area contributed by atoms with Crippen molar-refractivity contribution < 1.29 is 19.1 Å². The van der Waals surface area contributed by atoms with Crippen molar-refractivity contribution in [3.05, 3.63) is 90.3 Å². The second-order valence-corrected chi connectivity index (χ2v) is 9.82. The van der Waals surface area contributed by atoms with E-state index in [2.05, 4.69) is 30.8 Å². The van der Waals surface area contributed by atoms with Gasteiger partial charge >= 0.3 is 6.03 Å². The van der Waals surface area contributed by atoms with Gasteiger partial charge in [-0.15, -0.1) is 0 Å². The van der Waals surface area contributed by atoms with Crippen molar-refractivity contribution >= 4 is 23.3 Å². The fraction of sp³-hybridized carbons (Fsp3) is 0.258. The summed E-state index contributed by atoms with van der Waals surface area (Å²) in [7, 11) is 0. The average molecular weight is 555 g/mol. The predicted octanol–water partition coefficient (Wildman–Crippen LogP) is 5.27. The fourth-order valence-electron chi connectivity index (χ4n) is 4.49. The monoisotopic (exact) mass is 554 g/mol. The average Bonchev–Trinajstić information content (AvgIpc) is 3.48. The van der Waals surface area contributed by atoms with Crippen molar-refractivity contribution in [2.45, 2.75) is 13.3 Å². The summed E-state index contributed by atoms with van der Waals surface area (Å²) in [5.74, 6) is 1.08. The van der Waals surface area contributed by atoms with Crippen LogP contribution in [0.4, 0.5) is 16.2 Å². The van der Waals surface area contributed by atoms with Crippen LogP contribution in [-0.4, -0.2) is 66.2 Å². The van der Waals surface area contributed by atoms with Gasteiger partial charge in [-0.1, -0.05) is 12.1 Å². The molecule has 1 saturated heterocycles. The Morgan fingerprint density at radius 1 is 0.976 bits per heavy atom. The van der Waals surface area contributed by atoms with Gasteiger partial charge in [-0.05, 0) is 74.0 Å². The van der Waals surface area contributed by atoms with Crippen LogP contribution in [0.1, 0.15) is 22.3 Å². The number of nitrogens with zero attached hydrogens (tertiary/aromatic N) is 2. The maximum absolute atomic E-state index is 12.6. The molecular weight excluding hydrogens is 520 g/mol. The van der Waals surface area contributed by atoms with E-state index in [9.17, 15) is 9.59 Å². The topological polar surface area (TPSA) is 121 Å². The van der Waals surface area contributed by atoms with E-state index in [0.717, 1.165) is 50.5 Å². The van der Waals surface area contributed by atoms with Crippen molar-refractivity contribution in [1.29, 1.82) is 0 Å². The van der Waals surface area contributed by atoms with Gasteiger partial charge in [0, 0.05) is 49.5 Å². The number of hydrogen-bond acceptors (Lipinski definition) is 6. The highest BCUT2D eigenvalue weighted by atomic mass is 16.5. The summed E-state index contributed by atoms with van der Waals surface area (Å²) in [5, 5.41) is 8.62. The standard InChI is InChI=1S/C31H34N6O4/c1-22-4-2-5-25(18-22)36-31(39)35-24-6-8-26(9-7-24)41-27-10-12-32-29(20-27)28-19-23(21-34-28)30(38)33-11-3-13-37-14-16-40-17-15-37/h2,4-10,12,18-21,34H,3,11,13-17H2,1H3,(H,33,38)(H2,35,36,39). The molecule has 212 valence electrons. The van der Waals surface area contributed by atoms with Crippen LogP contribution in [0.5, 0.6) is 11.5 Å². The lowest BCUT2D eigenvalue weighted by molar-refractivity contribution is 0.0374. The van der Waals surface area contributed by atoms with Gasteiger partial charge in [0.2, 0.25) is 0 Å². The number of benzene rings is 2. The zero-order valence-electron chi connectivity index (χ0n) is 23.0. The normalized spacial score (nSPS) is 13.4. The molecule has 10 nitrogen and oxygen atoms in total. The fourth-order valence-corrected chi connectivity index (χ4v) is 4.49. The number of amides is 3. The van der Waals surface area contributed by atoms with Crippen LogP contribution in [-0.2, 0) is 4.74 Å². The lowest BCUT2D eigenvalue weighted by Gasteiger charge is -2.26. The number of carbonyl (C=O) groups is 2. The number of aromatic nitrogens is 2. The highest BCUT2D eigenvalue weighted by molar-refractivity contribution is 5.99. The molecule has 2 aromatic carbocycles. The SMILES string of the molecule is Cc1cccc(NC(=O)Nc2ccc(Oc3ccnc(-c4cc(C(=O)NCCCN5CCOCC5)c[nH]4)c3)cc2)c1. The molecule has 4 N–H and O–H groups in total. The molecule has 2 aromatic heterocycles. The first kappa shape index (κ1) is 27.9. The summed E-state index contributed by atoms with van der Waals surface area (Å²) in [5.41, 5.74) is 4.35. The number of aryl methyl sites for hydroxylation is 1. The van der Waals surface area contributed by atoms with E-state index < -0.39 is 0 Å². The molecule has 0 spiro atoms.